The molecule has 1 unspecified atom stereocenters. The average molecular weight is 373 g/mol. The van der Waals surface area contributed by atoms with Crippen LogP contribution in [-0.4, -0.2) is 19.9 Å². The Bertz CT molecular complexity index is 585. The molecule has 26 heavy (non-hydrogen) atoms. The molecule has 0 radical (unpaired) electrons. The molecule has 2 fully saturated rings. The van der Waals surface area contributed by atoms with Gasteiger partial charge >= 0.3 is 5.97 Å². The van der Waals surface area contributed by atoms with E-state index in [9.17, 15) is 9.90 Å². The van der Waals surface area contributed by atoms with Gasteiger partial charge in [-0.1, -0.05) is 82.0 Å². The van der Waals surface area contributed by atoms with Gasteiger partial charge in [-0.2, -0.15) is 0 Å². The fourth-order valence-electron chi connectivity index (χ4n) is 6.47. The van der Waals surface area contributed by atoms with Crippen molar-refractivity contribution in [1.82, 2.24) is 0 Å². The van der Waals surface area contributed by atoms with E-state index in [-0.39, 0.29) is 11.3 Å². The van der Waals surface area contributed by atoms with Gasteiger partial charge in [0.25, 0.3) is 0 Å². The summed E-state index contributed by atoms with van der Waals surface area (Å²) in [6.45, 7) is 4.90. The lowest BCUT2D eigenvalue weighted by Crippen LogP contribution is -2.50. The molecule has 1 aliphatic carbocycles. The molecule has 1 N–H and O–H groups in total. The summed E-state index contributed by atoms with van der Waals surface area (Å²) in [6.07, 6.45) is 11.3. The molecule has 1 atom stereocenters. The van der Waals surface area contributed by atoms with Crippen LogP contribution in [0.15, 0.2) is 30.3 Å². The Morgan fingerprint density at radius 1 is 1.15 bits per heavy atom. The Labute approximate surface area is 161 Å². The Balaban J connectivity index is 1.96. The Morgan fingerprint density at radius 2 is 1.77 bits per heavy atom. The van der Waals surface area contributed by atoms with Gasteiger partial charge in [-0.05, 0) is 48.1 Å². The smallest absolute Gasteiger partial charge is 0.306 e. The SMILES string of the molecule is CCCC(C)(c1ccccc1)C1([SiH]2CCC(C(=O)O)CC2)CCCCC1. The zero-order valence-electron chi connectivity index (χ0n) is 16.7. The first-order valence-corrected chi connectivity index (χ1v) is 13.0. The molecule has 2 nitrogen and oxygen atoms in total. The molecule has 1 heterocycles. The monoisotopic (exact) mass is 372 g/mol. The minimum absolute atomic E-state index is 0.0754. The van der Waals surface area contributed by atoms with Gasteiger partial charge in [0.05, 0.1) is 5.92 Å². The molecule has 1 aliphatic heterocycles. The Morgan fingerprint density at radius 3 is 2.31 bits per heavy atom. The van der Waals surface area contributed by atoms with Crippen LogP contribution >= 0.6 is 0 Å². The van der Waals surface area contributed by atoms with Gasteiger partial charge in [-0.3, -0.25) is 4.79 Å². The molecule has 1 saturated carbocycles. The molecule has 3 rings (SSSR count). The van der Waals surface area contributed by atoms with Crippen molar-refractivity contribution in [2.45, 2.75) is 94.2 Å². The van der Waals surface area contributed by atoms with Crippen molar-refractivity contribution < 1.29 is 9.90 Å². The summed E-state index contributed by atoms with van der Waals surface area (Å²) < 4.78 is 0. The second kappa shape index (κ2) is 8.29. The van der Waals surface area contributed by atoms with Crippen molar-refractivity contribution >= 4 is 14.8 Å². The number of hydrogen-bond acceptors (Lipinski definition) is 1. The van der Waals surface area contributed by atoms with Crippen LogP contribution in [0, 0.1) is 5.92 Å². The van der Waals surface area contributed by atoms with E-state index in [2.05, 4.69) is 44.2 Å². The van der Waals surface area contributed by atoms with Crippen LogP contribution in [0.4, 0.5) is 0 Å². The first-order chi connectivity index (χ1) is 12.5. The summed E-state index contributed by atoms with van der Waals surface area (Å²) in [5, 5.41) is 9.91. The van der Waals surface area contributed by atoms with Crippen LogP contribution < -0.4 is 0 Å². The minimum Gasteiger partial charge on any atom is -0.481 e. The number of carboxylic acid groups (broad SMARTS) is 1. The number of carbonyl (C=O) groups is 1. The summed E-state index contributed by atoms with van der Waals surface area (Å²) in [5.41, 5.74) is 1.80. The fraction of sp³-hybridized carbons (Fsp3) is 0.696. The van der Waals surface area contributed by atoms with E-state index in [4.69, 9.17) is 0 Å². The molecule has 3 heteroatoms. The van der Waals surface area contributed by atoms with E-state index in [1.165, 1.54) is 62.6 Å². The van der Waals surface area contributed by atoms with E-state index >= 15 is 0 Å². The lowest BCUT2D eigenvalue weighted by molar-refractivity contribution is -0.142. The summed E-state index contributed by atoms with van der Waals surface area (Å²) >= 11 is 0. The van der Waals surface area contributed by atoms with E-state index in [1.807, 2.05) is 0 Å². The molecule has 1 aromatic carbocycles. The maximum Gasteiger partial charge on any atom is 0.306 e. The zero-order valence-corrected chi connectivity index (χ0v) is 17.8. The predicted molar refractivity (Wildman–Crippen MR) is 112 cm³/mol. The van der Waals surface area contributed by atoms with Gasteiger partial charge in [0.15, 0.2) is 0 Å². The van der Waals surface area contributed by atoms with Crippen molar-refractivity contribution in [2.24, 2.45) is 5.92 Å². The standard InChI is InChI=1S/C23H36O2Si/c1-3-14-22(2,20-10-6-4-7-11-20)23(15-8-5-9-16-23)26-17-12-19(13-18-26)21(24)25/h4,6-7,10-11,19,26H,3,5,8-9,12-18H2,1-2H3,(H,24,25). The van der Waals surface area contributed by atoms with Crippen LogP contribution in [0.2, 0.25) is 17.1 Å². The number of aliphatic carboxylic acids is 1. The molecule has 0 amide bonds. The molecule has 2 aliphatic rings. The molecular weight excluding hydrogens is 336 g/mol. The minimum atomic E-state index is -1.01. The molecule has 0 spiro atoms. The van der Waals surface area contributed by atoms with Crippen LogP contribution in [0.25, 0.3) is 0 Å². The second-order valence-corrected chi connectivity index (χ2v) is 12.7. The highest BCUT2D eigenvalue weighted by atomic mass is 28.3. The molecule has 1 aromatic rings. The van der Waals surface area contributed by atoms with Crippen molar-refractivity contribution in [3.8, 4) is 0 Å². The number of carboxylic acids is 1. The first-order valence-electron chi connectivity index (χ1n) is 10.8. The van der Waals surface area contributed by atoms with Crippen molar-refractivity contribution in [3.05, 3.63) is 35.9 Å². The fourth-order valence-corrected chi connectivity index (χ4v) is 11.9. The summed E-state index contributed by atoms with van der Waals surface area (Å²) in [7, 11) is -1.01. The maximum absolute atomic E-state index is 11.5. The van der Waals surface area contributed by atoms with Gasteiger partial charge < -0.3 is 5.11 Å². The van der Waals surface area contributed by atoms with Gasteiger partial charge in [0.1, 0.15) is 0 Å². The third kappa shape index (κ3) is 3.52. The van der Waals surface area contributed by atoms with E-state index in [1.54, 1.807) is 0 Å². The van der Waals surface area contributed by atoms with Crippen molar-refractivity contribution in [2.75, 3.05) is 0 Å². The van der Waals surface area contributed by atoms with Crippen LogP contribution in [0.3, 0.4) is 0 Å². The number of hydrogen-bond donors (Lipinski definition) is 1. The molecule has 144 valence electrons. The van der Waals surface area contributed by atoms with Gasteiger partial charge in [-0.25, -0.2) is 0 Å². The van der Waals surface area contributed by atoms with E-state index in [0.29, 0.717) is 5.04 Å². The van der Waals surface area contributed by atoms with Gasteiger partial charge in [-0.15, -0.1) is 0 Å². The molecule has 0 bridgehead atoms. The largest absolute Gasteiger partial charge is 0.481 e. The van der Waals surface area contributed by atoms with Crippen LogP contribution in [-0.2, 0) is 10.2 Å². The number of rotatable bonds is 6. The van der Waals surface area contributed by atoms with Gasteiger partial charge in [0, 0.05) is 8.80 Å². The topological polar surface area (TPSA) is 37.3 Å². The lowest BCUT2D eigenvalue weighted by atomic mass is 9.63. The second-order valence-electron chi connectivity index (χ2n) is 9.05. The number of benzene rings is 1. The van der Waals surface area contributed by atoms with E-state index in [0.717, 1.165) is 12.8 Å². The van der Waals surface area contributed by atoms with Crippen LogP contribution in [0.5, 0.6) is 0 Å². The quantitative estimate of drug-likeness (QED) is 0.606. The van der Waals surface area contributed by atoms with Crippen molar-refractivity contribution in [3.63, 3.8) is 0 Å². The highest BCUT2D eigenvalue weighted by molar-refractivity contribution is 6.63. The highest BCUT2D eigenvalue weighted by Crippen LogP contribution is 2.63. The predicted octanol–water partition coefficient (Wildman–Crippen LogP) is 6.17. The Kier molecular flexibility index (Phi) is 6.27. The third-order valence-electron chi connectivity index (χ3n) is 7.86. The zero-order chi connectivity index (χ0) is 18.6. The molecular formula is C23H36O2Si. The lowest BCUT2D eigenvalue weighted by Gasteiger charge is -2.57. The molecule has 1 saturated heterocycles. The first kappa shape index (κ1) is 19.7. The van der Waals surface area contributed by atoms with E-state index < -0.39 is 14.8 Å². The third-order valence-corrected chi connectivity index (χ3v) is 12.7. The van der Waals surface area contributed by atoms with Gasteiger partial charge in [0.2, 0.25) is 0 Å². The molecule has 0 aromatic heterocycles. The highest BCUT2D eigenvalue weighted by Gasteiger charge is 2.54. The average Bonchev–Trinajstić information content (AvgIpc) is 2.69. The van der Waals surface area contributed by atoms with Crippen LogP contribution in [0.1, 0.15) is 77.2 Å². The summed E-state index contributed by atoms with van der Waals surface area (Å²) in [6, 6.07) is 13.8. The normalized spacial score (nSPS) is 28.2. The Hall–Kier alpha value is -1.09. The summed E-state index contributed by atoms with van der Waals surface area (Å²) in [4.78, 5) is 11.5. The maximum atomic E-state index is 11.5. The summed E-state index contributed by atoms with van der Waals surface area (Å²) in [5.74, 6) is -0.636. The van der Waals surface area contributed by atoms with Crippen molar-refractivity contribution in [1.29, 1.82) is 0 Å².